The summed E-state index contributed by atoms with van der Waals surface area (Å²) >= 11 is 0. The van der Waals surface area contributed by atoms with Crippen LogP contribution in [0.15, 0.2) is 212 Å². The Morgan fingerprint density at radius 1 is 0.246 bits per heavy atom. The van der Waals surface area contributed by atoms with Crippen molar-refractivity contribution in [2.75, 3.05) is 4.90 Å². The summed E-state index contributed by atoms with van der Waals surface area (Å²) in [5.74, 6) is 3.12. The first-order valence-corrected chi connectivity index (χ1v) is 20.8. The zero-order valence-electron chi connectivity index (χ0n) is 33.0. The van der Waals surface area contributed by atoms with Crippen molar-refractivity contribution in [1.29, 1.82) is 0 Å². The Bertz CT molecular complexity index is 3250. The Morgan fingerprint density at radius 2 is 0.557 bits per heavy atom. The van der Waals surface area contributed by atoms with E-state index in [-0.39, 0.29) is 0 Å². The number of benzene rings is 11. The molecule has 0 amide bonds. The summed E-state index contributed by atoms with van der Waals surface area (Å²) in [4.78, 5) is 2.32. The SMILES string of the molecule is c1ccc(-c2c3ccccc3c(-c3ccc4c(c3)Oc3cccc5c3N4c3ccc(-c4c6ccccc6c(-c6ccccc6)c6ccccc46)cc3O5)c3ccccc23)cc1. The molecular weight excluding hydrogens is 743 g/mol. The number of hydrogen-bond acceptors (Lipinski definition) is 3. The zero-order chi connectivity index (χ0) is 40.0. The number of para-hydroxylation sites is 1. The van der Waals surface area contributed by atoms with Crippen molar-refractivity contribution in [2.45, 2.75) is 0 Å². The number of fused-ring (bicyclic) bond motifs is 8. The third kappa shape index (κ3) is 5.04. The normalized spacial score (nSPS) is 12.5. The molecule has 61 heavy (non-hydrogen) atoms. The lowest BCUT2D eigenvalue weighted by atomic mass is 9.85. The van der Waals surface area contributed by atoms with Crippen LogP contribution in [0.3, 0.4) is 0 Å². The van der Waals surface area contributed by atoms with E-state index in [2.05, 4.69) is 199 Å². The number of anilines is 3. The topological polar surface area (TPSA) is 21.7 Å². The average Bonchev–Trinajstić information content (AvgIpc) is 3.32. The maximum absolute atomic E-state index is 6.83. The van der Waals surface area contributed by atoms with Crippen LogP contribution in [0.25, 0.3) is 87.6 Å². The fourth-order valence-corrected chi connectivity index (χ4v) is 10.1. The Kier molecular flexibility index (Phi) is 7.31. The van der Waals surface area contributed by atoms with Gasteiger partial charge in [-0.05, 0) is 124 Å². The predicted octanol–water partition coefficient (Wildman–Crippen LogP) is 16.6. The summed E-state index contributed by atoms with van der Waals surface area (Å²) in [6, 6.07) is 76.1. The third-order valence-electron chi connectivity index (χ3n) is 12.6. The molecule has 0 fully saturated rings. The largest absolute Gasteiger partial charge is 0.453 e. The van der Waals surface area contributed by atoms with Gasteiger partial charge in [-0.1, -0.05) is 176 Å². The molecule has 11 aromatic rings. The van der Waals surface area contributed by atoms with Crippen molar-refractivity contribution in [1.82, 2.24) is 0 Å². The number of nitrogens with zero attached hydrogens (tertiary/aromatic N) is 1. The zero-order valence-corrected chi connectivity index (χ0v) is 33.0. The van der Waals surface area contributed by atoms with Crippen LogP contribution in [-0.2, 0) is 0 Å². The van der Waals surface area contributed by atoms with Crippen LogP contribution in [0.1, 0.15) is 0 Å². The molecule has 0 bridgehead atoms. The van der Waals surface area contributed by atoms with Gasteiger partial charge in [0, 0.05) is 0 Å². The van der Waals surface area contributed by atoms with Gasteiger partial charge < -0.3 is 9.47 Å². The molecule has 3 heteroatoms. The molecule has 0 radical (unpaired) electrons. The van der Waals surface area contributed by atoms with Gasteiger partial charge in [0.1, 0.15) is 5.69 Å². The molecule has 2 heterocycles. The number of rotatable bonds is 4. The van der Waals surface area contributed by atoms with Gasteiger partial charge in [0.05, 0.1) is 11.4 Å². The predicted molar refractivity (Wildman–Crippen MR) is 253 cm³/mol. The van der Waals surface area contributed by atoms with Crippen LogP contribution in [0, 0.1) is 0 Å². The van der Waals surface area contributed by atoms with Crippen LogP contribution in [0.2, 0.25) is 0 Å². The highest BCUT2D eigenvalue weighted by Crippen LogP contribution is 2.61. The van der Waals surface area contributed by atoms with E-state index >= 15 is 0 Å². The third-order valence-corrected chi connectivity index (χ3v) is 12.6. The van der Waals surface area contributed by atoms with Crippen molar-refractivity contribution >= 4 is 60.2 Å². The van der Waals surface area contributed by atoms with Crippen molar-refractivity contribution in [3.63, 3.8) is 0 Å². The van der Waals surface area contributed by atoms with Crippen LogP contribution in [0.5, 0.6) is 23.0 Å². The standard InChI is InChI=1S/C58H35NO2/c1-3-16-36(17-4-1)54-40-20-7-11-24-44(40)56(45-25-12-8-21-41(45)54)38-30-32-48-52(34-38)60-50-28-15-29-51-58(50)59(48)49-33-31-39(35-53(49)61-51)57-46-26-13-9-22-42(46)55(37-18-5-2-6-19-37)43-23-10-14-27-47(43)57/h1-35H. The van der Waals surface area contributed by atoms with Gasteiger partial charge in [-0.3, -0.25) is 4.90 Å². The molecule has 2 aliphatic rings. The summed E-state index contributed by atoms with van der Waals surface area (Å²) < 4.78 is 13.7. The molecule has 0 N–H and O–H groups in total. The molecule has 0 saturated carbocycles. The highest BCUT2D eigenvalue weighted by atomic mass is 16.5. The fraction of sp³-hybridized carbons (Fsp3) is 0. The molecular formula is C58H35NO2. The first-order valence-electron chi connectivity index (χ1n) is 20.8. The van der Waals surface area contributed by atoms with Crippen molar-refractivity contribution in [3.8, 4) is 67.5 Å². The van der Waals surface area contributed by atoms with Crippen molar-refractivity contribution in [2.24, 2.45) is 0 Å². The lowest BCUT2D eigenvalue weighted by Crippen LogP contribution is -2.20. The second kappa shape index (κ2) is 13.2. The molecule has 2 aliphatic heterocycles. The highest BCUT2D eigenvalue weighted by Gasteiger charge is 2.35. The van der Waals surface area contributed by atoms with Gasteiger partial charge >= 0.3 is 0 Å². The molecule has 284 valence electrons. The van der Waals surface area contributed by atoms with E-state index in [1.54, 1.807) is 0 Å². The minimum atomic E-state index is 0.763. The molecule has 11 aromatic carbocycles. The molecule has 0 saturated heterocycles. The minimum Gasteiger partial charge on any atom is -0.453 e. The van der Waals surface area contributed by atoms with Crippen molar-refractivity contribution < 1.29 is 9.47 Å². The van der Waals surface area contributed by atoms with Crippen LogP contribution < -0.4 is 14.4 Å². The lowest BCUT2D eigenvalue weighted by molar-refractivity contribution is 0.446. The maximum atomic E-state index is 6.83. The molecule has 3 nitrogen and oxygen atoms in total. The monoisotopic (exact) mass is 777 g/mol. The van der Waals surface area contributed by atoms with Gasteiger partial charge in [0.25, 0.3) is 0 Å². The highest BCUT2D eigenvalue weighted by molar-refractivity contribution is 6.23. The molecule has 0 atom stereocenters. The first-order chi connectivity index (χ1) is 30.3. The van der Waals surface area contributed by atoms with E-state index in [4.69, 9.17) is 9.47 Å². The average molecular weight is 778 g/mol. The van der Waals surface area contributed by atoms with Crippen LogP contribution >= 0.6 is 0 Å². The quantitative estimate of drug-likeness (QED) is 0.166. The number of ether oxygens (including phenoxy) is 2. The molecule has 13 rings (SSSR count). The first kappa shape index (κ1) is 33.8. The van der Waals surface area contributed by atoms with Gasteiger partial charge in [-0.2, -0.15) is 0 Å². The van der Waals surface area contributed by atoms with E-state index in [1.807, 2.05) is 18.2 Å². The molecule has 0 unspecified atom stereocenters. The molecule has 0 spiro atoms. The van der Waals surface area contributed by atoms with E-state index in [1.165, 1.54) is 76.5 Å². The van der Waals surface area contributed by atoms with Gasteiger partial charge in [-0.15, -0.1) is 0 Å². The lowest BCUT2D eigenvalue weighted by Gasteiger charge is -2.38. The summed E-state index contributed by atoms with van der Waals surface area (Å²) in [6.45, 7) is 0. The second-order valence-electron chi connectivity index (χ2n) is 15.9. The van der Waals surface area contributed by atoms with E-state index in [9.17, 15) is 0 Å². The Labute approximate surface area is 352 Å². The number of hydrogen-bond donors (Lipinski definition) is 0. The summed E-state index contributed by atoms with van der Waals surface area (Å²) in [6.07, 6.45) is 0. The van der Waals surface area contributed by atoms with E-state index in [0.717, 1.165) is 51.2 Å². The Balaban J connectivity index is 0.988. The molecule has 0 aromatic heterocycles. The van der Waals surface area contributed by atoms with Gasteiger partial charge in [0.2, 0.25) is 0 Å². The molecule has 0 aliphatic carbocycles. The summed E-state index contributed by atoms with van der Waals surface area (Å²) in [5, 5.41) is 9.74. The van der Waals surface area contributed by atoms with Crippen molar-refractivity contribution in [3.05, 3.63) is 212 Å². The smallest absolute Gasteiger partial charge is 0.155 e. The minimum absolute atomic E-state index is 0.763. The fourth-order valence-electron chi connectivity index (χ4n) is 10.1. The van der Waals surface area contributed by atoms with Crippen LogP contribution in [-0.4, -0.2) is 0 Å². The summed E-state index contributed by atoms with van der Waals surface area (Å²) in [7, 11) is 0. The second-order valence-corrected chi connectivity index (χ2v) is 15.9. The van der Waals surface area contributed by atoms with Gasteiger partial charge in [0.15, 0.2) is 23.0 Å². The van der Waals surface area contributed by atoms with Gasteiger partial charge in [-0.25, -0.2) is 0 Å². The Hall–Kier alpha value is -8.14. The maximum Gasteiger partial charge on any atom is 0.155 e. The van der Waals surface area contributed by atoms with E-state index < -0.39 is 0 Å². The summed E-state index contributed by atoms with van der Waals surface area (Å²) in [5.41, 5.74) is 12.4. The van der Waals surface area contributed by atoms with Crippen LogP contribution in [0.4, 0.5) is 17.1 Å². The Morgan fingerprint density at radius 3 is 0.902 bits per heavy atom. The van der Waals surface area contributed by atoms with E-state index in [0.29, 0.717) is 0 Å².